The average molecular weight is 272 g/mol. The van der Waals surface area contributed by atoms with Gasteiger partial charge in [-0.05, 0) is 38.1 Å². The number of ether oxygens (including phenoxy) is 1. The van der Waals surface area contributed by atoms with Gasteiger partial charge in [0.05, 0.1) is 6.10 Å². The van der Waals surface area contributed by atoms with E-state index in [1.165, 1.54) is 0 Å². The number of nitrogens with zero attached hydrogens (tertiary/aromatic N) is 1. The van der Waals surface area contributed by atoms with E-state index in [4.69, 9.17) is 21.4 Å². The van der Waals surface area contributed by atoms with E-state index in [0.29, 0.717) is 10.7 Å². The van der Waals surface area contributed by atoms with Crippen LogP contribution in [0, 0.1) is 0 Å². The van der Waals surface area contributed by atoms with Crippen molar-refractivity contribution in [2.75, 3.05) is 11.4 Å². The van der Waals surface area contributed by atoms with Crippen molar-refractivity contribution in [1.29, 1.82) is 0 Å². The van der Waals surface area contributed by atoms with Gasteiger partial charge >= 0.3 is 12.1 Å². The smallest absolute Gasteiger partial charge is 0.415 e. The van der Waals surface area contributed by atoms with Crippen LogP contribution in [0.3, 0.4) is 0 Å². The molecule has 0 aliphatic rings. The summed E-state index contributed by atoms with van der Waals surface area (Å²) in [7, 11) is 0. The maximum absolute atomic E-state index is 11.8. The van der Waals surface area contributed by atoms with Gasteiger partial charge in [0.25, 0.3) is 0 Å². The minimum atomic E-state index is -1.12. The van der Waals surface area contributed by atoms with Gasteiger partial charge in [-0.1, -0.05) is 11.6 Å². The Balaban J connectivity index is 2.93. The topological polar surface area (TPSA) is 66.8 Å². The number of amides is 1. The molecule has 0 unspecified atom stereocenters. The van der Waals surface area contributed by atoms with Crippen molar-refractivity contribution < 1.29 is 19.4 Å². The Morgan fingerprint density at radius 2 is 1.89 bits per heavy atom. The van der Waals surface area contributed by atoms with Crippen molar-refractivity contribution in [3.8, 4) is 0 Å². The molecule has 0 aliphatic heterocycles. The summed E-state index contributed by atoms with van der Waals surface area (Å²) < 4.78 is 4.99. The number of carboxylic acid groups (broad SMARTS) is 1. The molecule has 18 heavy (non-hydrogen) atoms. The maximum Gasteiger partial charge on any atom is 0.415 e. The molecule has 1 rings (SSSR count). The zero-order chi connectivity index (χ0) is 13.7. The fourth-order valence-corrected chi connectivity index (χ4v) is 1.41. The SMILES string of the molecule is CC(C)OC(=O)N(CC(=O)O)c1ccc(Cl)cc1. The van der Waals surface area contributed by atoms with Crippen LogP contribution in [0.2, 0.25) is 5.02 Å². The molecule has 0 spiro atoms. The fourth-order valence-electron chi connectivity index (χ4n) is 1.28. The van der Waals surface area contributed by atoms with Gasteiger partial charge in [-0.3, -0.25) is 9.69 Å². The molecule has 6 heteroatoms. The van der Waals surface area contributed by atoms with E-state index in [-0.39, 0.29) is 6.10 Å². The van der Waals surface area contributed by atoms with Crippen molar-refractivity contribution in [2.24, 2.45) is 0 Å². The molecule has 98 valence electrons. The molecular weight excluding hydrogens is 258 g/mol. The number of anilines is 1. The van der Waals surface area contributed by atoms with Crippen molar-refractivity contribution in [3.63, 3.8) is 0 Å². The van der Waals surface area contributed by atoms with Crippen LogP contribution in [0.25, 0.3) is 0 Å². The van der Waals surface area contributed by atoms with Crippen LogP contribution in [0.1, 0.15) is 13.8 Å². The quantitative estimate of drug-likeness (QED) is 0.914. The lowest BCUT2D eigenvalue weighted by molar-refractivity contribution is -0.135. The number of hydrogen-bond donors (Lipinski definition) is 1. The van der Waals surface area contributed by atoms with E-state index in [9.17, 15) is 9.59 Å². The third kappa shape index (κ3) is 4.25. The third-order valence-corrected chi connectivity index (χ3v) is 2.24. The normalized spacial score (nSPS) is 10.2. The minimum absolute atomic E-state index is 0.318. The summed E-state index contributed by atoms with van der Waals surface area (Å²) in [6.45, 7) is 2.92. The lowest BCUT2D eigenvalue weighted by atomic mass is 10.3. The Morgan fingerprint density at radius 1 is 1.33 bits per heavy atom. The summed E-state index contributed by atoms with van der Waals surface area (Å²) in [4.78, 5) is 23.6. The first kappa shape index (κ1) is 14.3. The summed E-state index contributed by atoms with van der Waals surface area (Å²) in [5.74, 6) is -1.12. The molecule has 1 N–H and O–H groups in total. The molecule has 0 fully saturated rings. The Hall–Kier alpha value is -1.75. The number of carbonyl (C=O) groups is 2. The average Bonchev–Trinajstić information content (AvgIpc) is 2.26. The van der Waals surface area contributed by atoms with Crippen molar-refractivity contribution in [3.05, 3.63) is 29.3 Å². The van der Waals surface area contributed by atoms with Crippen molar-refractivity contribution in [1.82, 2.24) is 0 Å². The van der Waals surface area contributed by atoms with Crippen LogP contribution in [-0.4, -0.2) is 29.8 Å². The molecule has 0 aromatic heterocycles. The zero-order valence-corrected chi connectivity index (χ0v) is 10.8. The maximum atomic E-state index is 11.8. The van der Waals surface area contributed by atoms with E-state index >= 15 is 0 Å². The number of benzene rings is 1. The number of hydrogen-bond acceptors (Lipinski definition) is 3. The van der Waals surface area contributed by atoms with Crippen LogP contribution in [0.15, 0.2) is 24.3 Å². The summed E-state index contributed by atoms with van der Waals surface area (Å²) >= 11 is 5.73. The summed E-state index contributed by atoms with van der Waals surface area (Å²) in [5.41, 5.74) is 0.424. The highest BCUT2D eigenvalue weighted by atomic mass is 35.5. The van der Waals surface area contributed by atoms with Gasteiger partial charge in [-0.25, -0.2) is 4.79 Å². The molecule has 0 radical (unpaired) electrons. The monoisotopic (exact) mass is 271 g/mol. The van der Waals surface area contributed by atoms with Gasteiger partial charge in [0, 0.05) is 10.7 Å². The zero-order valence-electron chi connectivity index (χ0n) is 10.1. The Kier molecular flexibility index (Phi) is 4.97. The first-order chi connectivity index (χ1) is 8.40. The number of halogens is 1. The van der Waals surface area contributed by atoms with Crippen LogP contribution in [0.5, 0.6) is 0 Å². The van der Waals surface area contributed by atoms with Crippen LogP contribution in [-0.2, 0) is 9.53 Å². The van der Waals surface area contributed by atoms with E-state index < -0.39 is 18.6 Å². The first-order valence-electron chi connectivity index (χ1n) is 5.35. The molecule has 1 aromatic rings. The number of carboxylic acids is 1. The van der Waals surface area contributed by atoms with Crippen molar-refractivity contribution in [2.45, 2.75) is 20.0 Å². The van der Waals surface area contributed by atoms with Gasteiger partial charge in [-0.15, -0.1) is 0 Å². The first-order valence-corrected chi connectivity index (χ1v) is 5.73. The van der Waals surface area contributed by atoms with Gasteiger partial charge in [0.1, 0.15) is 6.54 Å². The highest BCUT2D eigenvalue weighted by molar-refractivity contribution is 6.30. The molecule has 0 aliphatic carbocycles. The van der Waals surface area contributed by atoms with Gasteiger partial charge in [0.15, 0.2) is 0 Å². The highest BCUT2D eigenvalue weighted by Gasteiger charge is 2.21. The van der Waals surface area contributed by atoms with Crippen molar-refractivity contribution >= 4 is 29.4 Å². The van der Waals surface area contributed by atoms with E-state index in [2.05, 4.69) is 0 Å². The third-order valence-electron chi connectivity index (χ3n) is 1.99. The summed E-state index contributed by atoms with van der Waals surface area (Å²) in [6, 6.07) is 6.28. The molecule has 1 amide bonds. The molecule has 0 saturated carbocycles. The molecule has 0 heterocycles. The molecule has 1 aromatic carbocycles. The van der Waals surface area contributed by atoms with Gasteiger partial charge < -0.3 is 9.84 Å². The number of carbonyl (C=O) groups excluding carboxylic acids is 1. The molecule has 0 saturated heterocycles. The Bertz CT molecular complexity index is 430. The second kappa shape index (κ2) is 6.26. The number of rotatable bonds is 4. The minimum Gasteiger partial charge on any atom is -0.480 e. The van der Waals surface area contributed by atoms with Crippen LogP contribution < -0.4 is 4.90 Å². The predicted octanol–water partition coefficient (Wildman–Crippen LogP) is 2.78. The fraction of sp³-hybridized carbons (Fsp3) is 0.333. The molecular formula is C12H14ClNO4. The summed E-state index contributed by atoms with van der Waals surface area (Å²) in [5, 5.41) is 9.31. The van der Waals surface area contributed by atoms with Crippen LogP contribution in [0.4, 0.5) is 10.5 Å². The Morgan fingerprint density at radius 3 is 2.33 bits per heavy atom. The van der Waals surface area contributed by atoms with Crippen LogP contribution >= 0.6 is 11.6 Å². The largest absolute Gasteiger partial charge is 0.480 e. The standard InChI is InChI=1S/C12H14ClNO4/c1-8(2)18-12(17)14(7-11(15)16)10-5-3-9(13)4-6-10/h3-6,8H,7H2,1-2H3,(H,15,16). The second-order valence-corrected chi connectivity index (χ2v) is 4.33. The van der Waals surface area contributed by atoms with Gasteiger partial charge in [0.2, 0.25) is 0 Å². The van der Waals surface area contributed by atoms with E-state index in [1.54, 1.807) is 38.1 Å². The van der Waals surface area contributed by atoms with Gasteiger partial charge in [-0.2, -0.15) is 0 Å². The predicted molar refractivity (Wildman–Crippen MR) is 68.1 cm³/mol. The van der Waals surface area contributed by atoms with E-state index in [0.717, 1.165) is 4.90 Å². The Labute approximate surface area is 110 Å². The lowest BCUT2D eigenvalue weighted by Gasteiger charge is -2.21. The molecule has 0 bridgehead atoms. The molecule has 5 nitrogen and oxygen atoms in total. The molecule has 0 atom stereocenters. The van der Waals surface area contributed by atoms with E-state index in [1.807, 2.05) is 0 Å². The highest BCUT2D eigenvalue weighted by Crippen LogP contribution is 2.19. The second-order valence-electron chi connectivity index (χ2n) is 3.89. The number of aliphatic carboxylic acids is 1. The summed E-state index contributed by atoms with van der Waals surface area (Å²) in [6.07, 6.45) is -1.02. The lowest BCUT2D eigenvalue weighted by Crippen LogP contribution is -2.37.